The number of hydrogen-bond donors (Lipinski definition) is 1. The number of rotatable bonds is 2. The molecule has 0 radical (unpaired) electrons. The minimum absolute atomic E-state index is 0.0611. The van der Waals surface area contributed by atoms with Crippen LogP contribution in [-0.4, -0.2) is 21.7 Å². The predicted octanol–water partition coefficient (Wildman–Crippen LogP) is 1.73. The van der Waals surface area contributed by atoms with E-state index in [0.717, 1.165) is 0 Å². The maximum atomic E-state index is 12.3. The van der Waals surface area contributed by atoms with E-state index in [1.165, 1.54) is 4.68 Å². The Morgan fingerprint density at radius 1 is 1.42 bits per heavy atom. The molecule has 0 fully saturated rings. The molecule has 19 heavy (non-hydrogen) atoms. The van der Waals surface area contributed by atoms with Crippen molar-refractivity contribution in [2.75, 3.05) is 0 Å². The van der Waals surface area contributed by atoms with Gasteiger partial charge in [-0.1, -0.05) is 11.6 Å². The lowest BCUT2D eigenvalue weighted by molar-refractivity contribution is 0.0935. The highest BCUT2D eigenvalue weighted by Crippen LogP contribution is 2.15. The number of amides is 1. The summed E-state index contributed by atoms with van der Waals surface area (Å²) in [5, 5.41) is 7.53. The molecular formula is C13H14ClN3O2. The van der Waals surface area contributed by atoms with Crippen LogP contribution in [0.3, 0.4) is 0 Å². The van der Waals surface area contributed by atoms with Gasteiger partial charge in [-0.25, -0.2) is 0 Å². The molecule has 1 heterocycles. The summed E-state index contributed by atoms with van der Waals surface area (Å²) in [6.07, 6.45) is 0. The van der Waals surface area contributed by atoms with Gasteiger partial charge in [0, 0.05) is 18.1 Å². The van der Waals surface area contributed by atoms with Crippen LogP contribution in [0.25, 0.3) is 10.9 Å². The molecule has 0 unspecified atom stereocenters. The molecule has 0 bridgehead atoms. The summed E-state index contributed by atoms with van der Waals surface area (Å²) < 4.78 is 1.50. The van der Waals surface area contributed by atoms with Gasteiger partial charge in [0.2, 0.25) is 5.43 Å². The Hall–Kier alpha value is -1.88. The molecule has 1 amide bonds. The van der Waals surface area contributed by atoms with Crippen molar-refractivity contribution in [3.8, 4) is 0 Å². The maximum Gasteiger partial charge on any atom is 0.276 e. The Labute approximate surface area is 115 Å². The average Bonchev–Trinajstić information content (AvgIpc) is 2.32. The molecule has 2 aromatic rings. The van der Waals surface area contributed by atoms with Crippen LogP contribution in [0.1, 0.15) is 24.3 Å². The number of carbonyl (C=O) groups excluding carboxylic acids is 1. The number of nitrogens with zero attached hydrogens (tertiary/aromatic N) is 2. The topological polar surface area (TPSA) is 64.0 Å². The van der Waals surface area contributed by atoms with E-state index in [-0.39, 0.29) is 11.7 Å². The van der Waals surface area contributed by atoms with Gasteiger partial charge in [-0.2, -0.15) is 5.10 Å². The number of aromatic nitrogens is 2. The van der Waals surface area contributed by atoms with Crippen molar-refractivity contribution in [1.29, 1.82) is 0 Å². The molecule has 1 aromatic carbocycles. The highest BCUT2D eigenvalue weighted by atomic mass is 35.5. The van der Waals surface area contributed by atoms with Crippen LogP contribution < -0.4 is 10.7 Å². The van der Waals surface area contributed by atoms with E-state index in [2.05, 4.69) is 10.4 Å². The van der Waals surface area contributed by atoms with Crippen LogP contribution in [0.2, 0.25) is 5.02 Å². The Kier molecular flexibility index (Phi) is 3.57. The molecule has 0 spiro atoms. The number of benzene rings is 1. The molecule has 0 aliphatic heterocycles. The summed E-state index contributed by atoms with van der Waals surface area (Å²) in [6.45, 7) is 3.64. The highest BCUT2D eigenvalue weighted by molar-refractivity contribution is 6.31. The summed E-state index contributed by atoms with van der Waals surface area (Å²) in [4.78, 5) is 24.2. The van der Waals surface area contributed by atoms with Gasteiger partial charge >= 0.3 is 0 Å². The molecule has 5 nitrogen and oxygen atoms in total. The summed E-state index contributed by atoms with van der Waals surface area (Å²) in [5.74, 6) is -0.475. The predicted molar refractivity (Wildman–Crippen MR) is 74.6 cm³/mol. The van der Waals surface area contributed by atoms with Gasteiger partial charge < -0.3 is 5.32 Å². The number of nitrogens with one attached hydrogen (secondary N) is 1. The second-order valence-corrected chi connectivity index (χ2v) is 5.03. The van der Waals surface area contributed by atoms with E-state index in [0.29, 0.717) is 15.9 Å². The van der Waals surface area contributed by atoms with Crippen LogP contribution >= 0.6 is 11.6 Å². The number of halogens is 1. The van der Waals surface area contributed by atoms with E-state index < -0.39 is 11.3 Å². The van der Waals surface area contributed by atoms with Crippen molar-refractivity contribution < 1.29 is 4.79 Å². The number of fused-ring (bicyclic) bond motifs is 1. The van der Waals surface area contributed by atoms with Crippen molar-refractivity contribution in [3.63, 3.8) is 0 Å². The fraction of sp³-hybridized carbons (Fsp3) is 0.308. The molecule has 100 valence electrons. The largest absolute Gasteiger partial charge is 0.348 e. The second-order valence-electron chi connectivity index (χ2n) is 4.59. The zero-order valence-electron chi connectivity index (χ0n) is 10.9. The minimum atomic E-state index is -0.475. The number of aryl methyl sites for hydroxylation is 1. The van der Waals surface area contributed by atoms with Crippen LogP contribution in [0.4, 0.5) is 0 Å². The first-order valence-corrected chi connectivity index (χ1v) is 6.25. The maximum absolute atomic E-state index is 12.3. The molecule has 0 saturated carbocycles. The first kappa shape index (κ1) is 13.5. The SMILES string of the molecule is CC(C)NC(=O)c1nn(C)c2ccc(Cl)cc2c1=O. The van der Waals surface area contributed by atoms with Gasteiger partial charge in [-0.3, -0.25) is 14.3 Å². The Bertz CT molecular complexity index is 707. The number of hydrogen-bond acceptors (Lipinski definition) is 3. The van der Waals surface area contributed by atoms with Crippen LogP contribution in [0.15, 0.2) is 23.0 Å². The lowest BCUT2D eigenvalue weighted by Crippen LogP contribution is -2.35. The lowest BCUT2D eigenvalue weighted by atomic mass is 10.2. The molecule has 1 aromatic heterocycles. The molecule has 0 atom stereocenters. The van der Waals surface area contributed by atoms with E-state index in [1.54, 1.807) is 25.2 Å². The minimum Gasteiger partial charge on any atom is -0.348 e. The zero-order valence-corrected chi connectivity index (χ0v) is 11.7. The molecule has 0 aliphatic carbocycles. The van der Waals surface area contributed by atoms with E-state index in [4.69, 9.17) is 11.6 Å². The third-order valence-electron chi connectivity index (χ3n) is 2.65. The summed E-state index contributed by atoms with van der Waals surface area (Å²) >= 11 is 5.89. The first-order chi connectivity index (χ1) is 8.90. The van der Waals surface area contributed by atoms with Gasteiger partial charge in [0.1, 0.15) is 0 Å². The molecule has 2 rings (SSSR count). The fourth-order valence-electron chi connectivity index (χ4n) is 1.83. The standard InChI is InChI=1S/C13H14ClN3O2/c1-7(2)15-13(19)11-12(18)9-6-8(14)4-5-10(9)17(3)16-11/h4-7H,1-3H3,(H,15,19). The molecular weight excluding hydrogens is 266 g/mol. The fourth-order valence-corrected chi connectivity index (χ4v) is 2.00. The highest BCUT2D eigenvalue weighted by Gasteiger charge is 2.17. The van der Waals surface area contributed by atoms with Gasteiger partial charge in [0.15, 0.2) is 5.69 Å². The number of carbonyl (C=O) groups is 1. The molecule has 6 heteroatoms. The Balaban J connectivity index is 2.68. The van der Waals surface area contributed by atoms with E-state index in [9.17, 15) is 9.59 Å². The monoisotopic (exact) mass is 279 g/mol. The van der Waals surface area contributed by atoms with Crippen molar-refractivity contribution in [2.24, 2.45) is 7.05 Å². The van der Waals surface area contributed by atoms with Crippen LogP contribution in [0.5, 0.6) is 0 Å². The quantitative estimate of drug-likeness (QED) is 0.910. The van der Waals surface area contributed by atoms with Crippen LogP contribution in [0, 0.1) is 0 Å². The lowest BCUT2D eigenvalue weighted by Gasteiger charge is -2.10. The molecule has 0 aliphatic rings. The van der Waals surface area contributed by atoms with E-state index in [1.807, 2.05) is 13.8 Å². The van der Waals surface area contributed by atoms with E-state index >= 15 is 0 Å². The summed E-state index contributed by atoms with van der Waals surface area (Å²) in [6, 6.07) is 4.87. The normalized spacial score (nSPS) is 11.0. The smallest absolute Gasteiger partial charge is 0.276 e. The first-order valence-electron chi connectivity index (χ1n) is 5.87. The van der Waals surface area contributed by atoms with Crippen molar-refractivity contribution in [3.05, 3.63) is 39.1 Å². The zero-order chi connectivity index (χ0) is 14.2. The van der Waals surface area contributed by atoms with Gasteiger partial charge in [0.05, 0.1) is 10.9 Å². The summed E-state index contributed by atoms with van der Waals surface area (Å²) in [5.41, 5.74) is 0.107. The second kappa shape index (κ2) is 5.01. The van der Waals surface area contributed by atoms with Crippen molar-refractivity contribution in [1.82, 2.24) is 15.1 Å². The third-order valence-corrected chi connectivity index (χ3v) is 2.89. The summed E-state index contributed by atoms with van der Waals surface area (Å²) in [7, 11) is 1.68. The van der Waals surface area contributed by atoms with Crippen LogP contribution in [-0.2, 0) is 7.05 Å². The van der Waals surface area contributed by atoms with Crippen molar-refractivity contribution >= 4 is 28.4 Å². The third kappa shape index (κ3) is 2.61. The Morgan fingerprint density at radius 2 is 2.11 bits per heavy atom. The Morgan fingerprint density at radius 3 is 2.74 bits per heavy atom. The van der Waals surface area contributed by atoms with Gasteiger partial charge in [0.25, 0.3) is 5.91 Å². The molecule has 0 saturated heterocycles. The van der Waals surface area contributed by atoms with Gasteiger partial charge in [-0.15, -0.1) is 0 Å². The van der Waals surface area contributed by atoms with Gasteiger partial charge in [-0.05, 0) is 32.0 Å². The van der Waals surface area contributed by atoms with Crippen molar-refractivity contribution in [2.45, 2.75) is 19.9 Å². The molecule has 1 N–H and O–H groups in total. The average molecular weight is 280 g/mol.